The quantitative estimate of drug-likeness (QED) is 0.931. The van der Waals surface area contributed by atoms with Crippen molar-refractivity contribution in [3.8, 4) is 11.3 Å². The summed E-state index contributed by atoms with van der Waals surface area (Å²) in [4.78, 5) is 16.6. The maximum atomic E-state index is 12.2. The first-order chi connectivity index (χ1) is 10.2. The van der Waals surface area contributed by atoms with Crippen molar-refractivity contribution in [3.63, 3.8) is 0 Å². The Morgan fingerprint density at radius 3 is 2.81 bits per heavy atom. The van der Waals surface area contributed by atoms with Gasteiger partial charge in [-0.2, -0.15) is 0 Å². The topological polar surface area (TPSA) is 42.0 Å². The Morgan fingerprint density at radius 2 is 2.14 bits per heavy atom. The van der Waals surface area contributed by atoms with Crippen LogP contribution in [0.1, 0.15) is 18.4 Å². The number of carbonyl (C=O) groups is 1. The lowest BCUT2D eigenvalue weighted by Crippen LogP contribution is -2.30. The number of benzene rings is 1. The Balaban J connectivity index is 1.57. The van der Waals surface area contributed by atoms with Crippen molar-refractivity contribution in [2.75, 3.05) is 5.32 Å². The summed E-state index contributed by atoms with van der Waals surface area (Å²) < 4.78 is 0. The normalized spacial score (nSPS) is 25.7. The molecule has 3 heteroatoms. The van der Waals surface area contributed by atoms with E-state index >= 15 is 0 Å². The summed E-state index contributed by atoms with van der Waals surface area (Å²) in [5.74, 6) is 1.95. The summed E-state index contributed by atoms with van der Waals surface area (Å²) in [5.41, 5.74) is 4.05. The van der Waals surface area contributed by atoms with Gasteiger partial charge in [-0.05, 0) is 61.4 Å². The first-order valence-corrected chi connectivity index (χ1v) is 7.55. The molecule has 0 bridgehead atoms. The average Bonchev–Trinajstić information content (AvgIpc) is 3.11. The van der Waals surface area contributed by atoms with Gasteiger partial charge in [0.05, 0.1) is 5.69 Å². The molecule has 2 fully saturated rings. The molecule has 3 unspecified atom stereocenters. The minimum absolute atomic E-state index is 0.185. The van der Waals surface area contributed by atoms with Crippen LogP contribution in [0.2, 0.25) is 0 Å². The minimum atomic E-state index is 0.185. The number of hydrogen-bond acceptors (Lipinski definition) is 2. The monoisotopic (exact) mass is 278 g/mol. The zero-order chi connectivity index (χ0) is 14.4. The second-order valence-electron chi connectivity index (χ2n) is 6.24. The Kier molecular flexibility index (Phi) is 2.81. The van der Waals surface area contributed by atoms with Crippen molar-refractivity contribution in [2.45, 2.75) is 19.8 Å². The number of pyridine rings is 1. The molecule has 0 spiro atoms. The van der Waals surface area contributed by atoms with Crippen molar-refractivity contribution in [3.05, 3.63) is 48.2 Å². The van der Waals surface area contributed by atoms with Crippen molar-refractivity contribution < 1.29 is 4.79 Å². The number of amides is 1. The van der Waals surface area contributed by atoms with Gasteiger partial charge < -0.3 is 5.32 Å². The molecule has 4 rings (SSSR count). The van der Waals surface area contributed by atoms with Crippen molar-refractivity contribution in [1.29, 1.82) is 0 Å². The number of anilines is 1. The van der Waals surface area contributed by atoms with E-state index in [1.54, 1.807) is 6.20 Å². The maximum absolute atomic E-state index is 12.2. The van der Waals surface area contributed by atoms with Gasteiger partial charge in [0.25, 0.3) is 0 Å². The summed E-state index contributed by atoms with van der Waals surface area (Å²) in [6.45, 7) is 2.07. The van der Waals surface area contributed by atoms with Gasteiger partial charge in [0.1, 0.15) is 0 Å². The van der Waals surface area contributed by atoms with Crippen LogP contribution in [-0.4, -0.2) is 10.9 Å². The van der Waals surface area contributed by atoms with Gasteiger partial charge in [-0.1, -0.05) is 12.1 Å². The van der Waals surface area contributed by atoms with Gasteiger partial charge in [-0.25, -0.2) is 0 Å². The van der Waals surface area contributed by atoms with E-state index in [9.17, 15) is 4.79 Å². The molecular formula is C18H18N2O. The molecule has 0 saturated heterocycles. The van der Waals surface area contributed by atoms with E-state index < -0.39 is 0 Å². The fourth-order valence-electron chi connectivity index (χ4n) is 3.37. The Morgan fingerprint density at radius 1 is 1.24 bits per heavy atom. The molecule has 1 amide bonds. The predicted molar refractivity (Wildman–Crippen MR) is 82.7 cm³/mol. The Bertz CT molecular complexity index is 696. The molecule has 1 heterocycles. The highest BCUT2D eigenvalue weighted by molar-refractivity contribution is 5.94. The lowest BCUT2D eigenvalue weighted by Gasteiger charge is -2.23. The summed E-state index contributed by atoms with van der Waals surface area (Å²) in [5, 5.41) is 3.07. The van der Waals surface area contributed by atoms with Gasteiger partial charge in [-0.3, -0.25) is 9.78 Å². The smallest absolute Gasteiger partial charge is 0.227 e. The number of aryl methyl sites for hydroxylation is 1. The SMILES string of the molecule is Cc1ccc(NC(=O)C2CC3CC32)cc1-c1ccccn1. The van der Waals surface area contributed by atoms with E-state index in [0.29, 0.717) is 5.92 Å². The lowest BCUT2D eigenvalue weighted by atomic mass is 9.84. The fourth-order valence-corrected chi connectivity index (χ4v) is 3.37. The highest BCUT2D eigenvalue weighted by atomic mass is 16.2. The molecule has 3 atom stereocenters. The van der Waals surface area contributed by atoms with E-state index in [2.05, 4.69) is 17.2 Å². The van der Waals surface area contributed by atoms with Crippen LogP contribution in [0.3, 0.4) is 0 Å². The van der Waals surface area contributed by atoms with E-state index in [0.717, 1.165) is 34.8 Å². The van der Waals surface area contributed by atoms with Crippen LogP contribution in [0.15, 0.2) is 42.6 Å². The molecule has 1 N–H and O–H groups in total. The first-order valence-electron chi connectivity index (χ1n) is 7.55. The molecule has 2 aliphatic carbocycles. The van der Waals surface area contributed by atoms with Gasteiger partial charge in [-0.15, -0.1) is 0 Å². The van der Waals surface area contributed by atoms with E-state index in [-0.39, 0.29) is 11.8 Å². The van der Waals surface area contributed by atoms with Crippen LogP contribution in [0.5, 0.6) is 0 Å². The second kappa shape index (κ2) is 4.69. The number of nitrogens with zero attached hydrogens (tertiary/aromatic N) is 1. The molecule has 1 aromatic carbocycles. The number of rotatable bonds is 3. The van der Waals surface area contributed by atoms with Crippen LogP contribution in [-0.2, 0) is 4.79 Å². The zero-order valence-electron chi connectivity index (χ0n) is 12.0. The summed E-state index contributed by atoms with van der Waals surface area (Å²) in [7, 11) is 0. The van der Waals surface area contributed by atoms with Crippen LogP contribution in [0.25, 0.3) is 11.3 Å². The average molecular weight is 278 g/mol. The van der Waals surface area contributed by atoms with Crippen LogP contribution in [0, 0.1) is 24.7 Å². The zero-order valence-corrected chi connectivity index (χ0v) is 12.0. The molecule has 2 aliphatic rings. The number of hydrogen-bond donors (Lipinski definition) is 1. The highest BCUT2D eigenvalue weighted by Crippen LogP contribution is 2.59. The van der Waals surface area contributed by atoms with E-state index in [4.69, 9.17) is 0 Å². The predicted octanol–water partition coefficient (Wildman–Crippen LogP) is 3.65. The molecule has 21 heavy (non-hydrogen) atoms. The van der Waals surface area contributed by atoms with Crippen LogP contribution in [0.4, 0.5) is 5.69 Å². The van der Waals surface area contributed by atoms with Gasteiger partial charge >= 0.3 is 0 Å². The highest BCUT2D eigenvalue weighted by Gasteiger charge is 2.56. The molecule has 3 nitrogen and oxygen atoms in total. The second-order valence-corrected chi connectivity index (χ2v) is 6.24. The fraction of sp³-hybridized carbons (Fsp3) is 0.333. The molecule has 2 saturated carbocycles. The van der Waals surface area contributed by atoms with Crippen molar-refractivity contribution in [1.82, 2.24) is 4.98 Å². The number of nitrogens with one attached hydrogen (secondary N) is 1. The van der Waals surface area contributed by atoms with Crippen molar-refractivity contribution >= 4 is 11.6 Å². The molecule has 2 aromatic rings. The largest absolute Gasteiger partial charge is 0.326 e. The molecule has 0 radical (unpaired) electrons. The third-order valence-corrected chi connectivity index (χ3v) is 4.83. The molecule has 0 aliphatic heterocycles. The van der Waals surface area contributed by atoms with Crippen LogP contribution >= 0.6 is 0 Å². The van der Waals surface area contributed by atoms with E-state index in [1.807, 2.05) is 36.4 Å². The lowest BCUT2D eigenvalue weighted by molar-refractivity contribution is -0.122. The number of carbonyl (C=O) groups excluding carboxylic acids is 1. The number of aromatic nitrogens is 1. The summed E-state index contributed by atoms with van der Waals surface area (Å²) in [6.07, 6.45) is 4.13. The Hall–Kier alpha value is -2.16. The summed E-state index contributed by atoms with van der Waals surface area (Å²) in [6, 6.07) is 11.9. The van der Waals surface area contributed by atoms with Crippen molar-refractivity contribution in [2.24, 2.45) is 17.8 Å². The van der Waals surface area contributed by atoms with Gasteiger partial charge in [0.15, 0.2) is 0 Å². The van der Waals surface area contributed by atoms with Gasteiger partial charge in [0, 0.05) is 23.4 Å². The molecular weight excluding hydrogens is 260 g/mol. The minimum Gasteiger partial charge on any atom is -0.326 e. The van der Waals surface area contributed by atoms with E-state index in [1.165, 1.54) is 6.42 Å². The van der Waals surface area contributed by atoms with Crippen LogP contribution < -0.4 is 5.32 Å². The third kappa shape index (κ3) is 2.23. The third-order valence-electron chi connectivity index (χ3n) is 4.83. The summed E-state index contributed by atoms with van der Waals surface area (Å²) >= 11 is 0. The van der Waals surface area contributed by atoms with Gasteiger partial charge in [0.2, 0.25) is 5.91 Å². The maximum Gasteiger partial charge on any atom is 0.227 e. The standard InChI is InChI=1S/C18H18N2O/c1-11-5-6-13(10-14(11)17-4-2-3-7-19-17)20-18(21)16-9-12-8-15(12)16/h2-7,10,12,15-16H,8-9H2,1H3,(H,20,21). The Labute approximate surface area is 124 Å². The molecule has 106 valence electrons. The number of fused-ring (bicyclic) bond motifs is 1. The first kappa shape index (κ1) is 12.6. The molecule has 1 aromatic heterocycles.